The first-order valence-electron chi connectivity index (χ1n) is 6.73. The lowest BCUT2D eigenvalue weighted by Crippen LogP contribution is -2.28. The number of carbonyl (C=O) groups excluding carboxylic acids is 1. The summed E-state index contributed by atoms with van der Waals surface area (Å²) in [6, 6.07) is 10.1. The zero-order valence-electron chi connectivity index (χ0n) is 12.2. The van der Waals surface area contributed by atoms with Crippen LogP contribution >= 0.6 is 11.6 Å². The second-order valence-electron chi connectivity index (χ2n) is 4.93. The zero-order chi connectivity index (χ0) is 17.0. The van der Waals surface area contributed by atoms with Gasteiger partial charge in [0.15, 0.2) is 0 Å². The fourth-order valence-electron chi connectivity index (χ4n) is 1.98. The molecule has 0 atom stereocenters. The summed E-state index contributed by atoms with van der Waals surface area (Å²) >= 11 is 5.53. The zero-order valence-corrected chi connectivity index (χ0v) is 12.9. The van der Waals surface area contributed by atoms with Gasteiger partial charge in [0.1, 0.15) is 0 Å². The number of hydrogen-bond donors (Lipinski definition) is 2. The normalized spacial score (nSPS) is 11.2. The Balaban J connectivity index is 2.02. The number of anilines is 1. The molecule has 0 heterocycles. The fourth-order valence-corrected chi connectivity index (χ4v) is 2.20. The number of amides is 2. The average Bonchev–Trinajstić information content (AvgIpc) is 2.47. The van der Waals surface area contributed by atoms with E-state index >= 15 is 0 Å². The van der Waals surface area contributed by atoms with Gasteiger partial charge in [0.2, 0.25) is 0 Å². The van der Waals surface area contributed by atoms with Gasteiger partial charge in [-0.1, -0.05) is 35.9 Å². The number of urea groups is 1. The molecule has 0 fully saturated rings. The van der Waals surface area contributed by atoms with Gasteiger partial charge in [-0.15, -0.1) is 0 Å². The maximum atomic E-state index is 12.8. The highest BCUT2D eigenvalue weighted by Crippen LogP contribution is 2.36. The van der Waals surface area contributed by atoms with Crippen molar-refractivity contribution in [3.63, 3.8) is 0 Å². The number of rotatable bonds is 3. The molecule has 2 amide bonds. The Morgan fingerprint density at radius 1 is 1.17 bits per heavy atom. The molecule has 3 nitrogen and oxygen atoms in total. The molecule has 7 heteroatoms. The molecular formula is C16H14ClF3N2O. The minimum Gasteiger partial charge on any atom is -0.334 e. The molecule has 2 rings (SSSR count). The first kappa shape index (κ1) is 17.1. The standard InChI is InChI=1S/C16H14ClF3N2O/c1-10-4-2-3-5-11(10)9-21-15(23)22-12-6-7-14(17)13(8-12)16(18,19)20/h2-8H,9H2,1H3,(H2,21,22,23). The van der Waals surface area contributed by atoms with Crippen molar-refractivity contribution in [2.24, 2.45) is 0 Å². The van der Waals surface area contributed by atoms with Gasteiger partial charge in [0.05, 0.1) is 10.6 Å². The molecule has 0 aliphatic carbocycles. The molecule has 23 heavy (non-hydrogen) atoms. The van der Waals surface area contributed by atoms with Crippen molar-refractivity contribution in [1.29, 1.82) is 0 Å². The second kappa shape index (κ2) is 6.91. The highest BCUT2D eigenvalue weighted by Gasteiger charge is 2.33. The van der Waals surface area contributed by atoms with Gasteiger partial charge in [0, 0.05) is 12.2 Å². The van der Waals surface area contributed by atoms with E-state index in [0.29, 0.717) is 0 Å². The van der Waals surface area contributed by atoms with E-state index in [4.69, 9.17) is 11.6 Å². The molecule has 2 aromatic rings. The predicted molar refractivity (Wildman–Crippen MR) is 83.5 cm³/mol. The monoisotopic (exact) mass is 342 g/mol. The van der Waals surface area contributed by atoms with Gasteiger partial charge >= 0.3 is 12.2 Å². The van der Waals surface area contributed by atoms with Crippen LogP contribution in [0.4, 0.5) is 23.7 Å². The van der Waals surface area contributed by atoms with Crippen LogP contribution in [0.1, 0.15) is 16.7 Å². The minimum atomic E-state index is -4.58. The van der Waals surface area contributed by atoms with Crippen molar-refractivity contribution >= 4 is 23.3 Å². The van der Waals surface area contributed by atoms with Crippen molar-refractivity contribution in [3.05, 3.63) is 64.2 Å². The van der Waals surface area contributed by atoms with Gasteiger partial charge in [-0.05, 0) is 36.2 Å². The molecule has 0 bridgehead atoms. The number of alkyl halides is 3. The Kier molecular flexibility index (Phi) is 5.15. The third-order valence-corrected chi connectivity index (χ3v) is 3.56. The lowest BCUT2D eigenvalue weighted by atomic mass is 10.1. The smallest absolute Gasteiger partial charge is 0.334 e. The third kappa shape index (κ3) is 4.63. The molecule has 122 valence electrons. The fraction of sp³-hybridized carbons (Fsp3) is 0.188. The van der Waals surface area contributed by atoms with E-state index in [1.807, 2.05) is 31.2 Å². The Morgan fingerprint density at radius 3 is 2.52 bits per heavy atom. The lowest BCUT2D eigenvalue weighted by Gasteiger charge is -2.13. The van der Waals surface area contributed by atoms with E-state index in [0.717, 1.165) is 23.3 Å². The lowest BCUT2D eigenvalue weighted by molar-refractivity contribution is -0.137. The summed E-state index contributed by atoms with van der Waals surface area (Å²) < 4.78 is 38.3. The van der Waals surface area contributed by atoms with E-state index in [-0.39, 0.29) is 12.2 Å². The van der Waals surface area contributed by atoms with E-state index in [1.54, 1.807) is 0 Å². The summed E-state index contributed by atoms with van der Waals surface area (Å²) in [5.41, 5.74) is 0.966. The quantitative estimate of drug-likeness (QED) is 0.810. The molecule has 0 unspecified atom stereocenters. The van der Waals surface area contributed by atoms with E-state index in [9.17, 15) is 18.0 Å². The van der Waals surface area contributed by atoms with Crippen molar-refractivity contribution in [2.45, 2.75) is 19.6 Å². The van der Waals surface area contributed by atoms with Gasteiger partial charge in [-0.25, -0.2) is 4.79 Å². The number of halogens is 4. The maximum absolute atomic E-state index is 12.8. The van der Waals surface area contributed by atoms with Crippen LogP contribution in [0.5, 0.6) is 0 Å². The molecule has 0 spiro atoms. The highest BCUT2D eigenvalue weighted by atomic mass is 35.5. The van der Waals surface area contributed by atoms with E-state index in [2.05, 4.69) is 10.6 Å². The summed E-state index contributed by atoms with van der Waals surface area (Å²) in [5, 5.41) is 4.55. The van der Waals surface area contributed by atoms with Crippen molar-refractivity contribution < 1.29 is 18.0 Å². The summed E-state index contributed by atoms with van der Waals surface area (Å²) in [4.78, 5) is 11.8. The third-order valence-electron chi connectivity index (χ3n) is 3.23. The number of nitrogens with one attached hydrogen (secondary N) is 2. The Hall–Kier alpha value is -2.21. The van der Waals surface area contributed by atoms with Crippen LogP contribution in [-0.2, 0) is 12.7 Å². The minimum absolute atomic E-state index is 0.0176. The molecule has 0 saturated carbocycles. The van der Waals surface area contributed by atoms with Crippen LogP contribution in [0.2, 0.25) is 5.02 Å². The second-order valence-corrected chi connectivity index (χ2v) is 5.33. The topological polar surface area (TPSA) is 41.1 Å². The number of hydrogen-bond acceptors (Lipinski definition) is 1. The van der Waals surface area contributed by atoms with Crippen LogP contribution in [0.25, 0.3) is 0 Å². The molecule has 0 aliphatic heterocycles. The molecule has 0 aliphatic rings. The Morgan fingerprint density at radius 2 is 1.87 bits per heavy atom. The van der Waals surface area contributed by atoms with Crippen LogP contribution in [0.3, 0.4) is 0 Å². The average molecular weight is 343 g/mol. The Labute approximate surface area is 136 Å². The molecule has 0 radical (unpaired) electrons. The molecule has 2 aromatic carbocycles. The molecule has 0 aromatic heterocycles. The maximum Gasteiger partial charge on any atom is 0.417 e. The first-order chi connectivity index (χ1) is 10.8. The van der Waals surface area contributed by atoms with Crippen LogP contribution in [0.15, 0.2) is 42.5 Å². The van der Waals surface area contributed by atoms with Crippen molar-refractivity contribution in [1.82, 2.24) is 5.32 Å². The summed E-state index contributed by atoms with van der Waals surface area (Å²) in [7, 11) is 0. The highest BCUT2D eigenvalue weighted by molar-refractivity contribution is 6.31. The van der Waals surface area contributed by atoms with Crippen LogP contribution < -0.4 is 10.6 Å². The van der Waals surface area contributed by atoms with Gasteiger partial charge < -0.3 is 10.6 Å². The van der Waals surface area contributed by atoms with E-state index in [1.165, 1.54) is 6.07 Å². The molecule has 2 N–H and O–H groups in total. The van der Waals surface area contributed by atoms with Gasteiger partial charge in [-0.3, -0.25) is 0 Å². The van der Waals surface area contributed by atoms with Crippen LogP contribution in [-0.4, -0.2) is 6.03 Å². The summed E-state index contributed by atoms with van der Waals surface area (Å²) in [5.74, 6) is 0. The SMILES string of the molecule is Cc1ccccc1CNC(=O)Nc1ccc(Cl)c(C(F)(F)F)c1. The predicted octanol–water partition coefficient (Wildman–Crippen LogP) is 4.99. The van der Waals surface area contributed by atoms with Crippen molar-refractivity contribution in [2.75, 3.05) is 5.32 Å². The summed E-state index contributed by atoms with van der Waals surface area (Å²) in [6.45, 7) is 2.18. The molecular weight excluding hydrogens is 329 g/mol. The van der Waals surface area contributed by atoms with Gasteiger partial charge in [0.25, 0.3) is 0 Å². The first-order valence-corrected chi connectivity index (χ1v) is 7.11. The molecule has 0 saturated heterocycles. The Bertz CT molecular complexity index is 717. The number of carbonyl (C=O) groups is 1. The van der Waals surface area contributed by atoms with Gasteiger partial charge in [-0.2, -0.15) is 13.2 Å². The van der Waals surface area contributed by atoms with Crippen molar-refractivity contribution in [3.8, 4) is 0 Å². The largest absolute Gasteiger partial charge is 0.417 e. The number of benzene rings is 2. The summed E-state index contributed by atoms with van der Waals surface area (Å²) in [6.07, 6.45) is -4.58. The number of aryl methyl sites for hydroxylation is 1. The van der Waals surface area contributed by atoms with E-state index < -0.39 is 22.8 Å². The van der Waals surface area contributed by atoms with Crippen LogP contribution in [0, 0.1) is 6.92 Å².